The molecule has 2 heterocycles. The summed E-state index contributed by atoms with van der Waals surface area (Å²) in [5, 5.41) is 22.6. The van der Waals surface area contributed by atoms with Crippen molar-refractivity contribution in [3.63, 3.8) is 0 Å². The summed E-state index contributed by atoms with van der Waals surface area (Å²) in [5.41, 5.74) is 6.32. The molecule has 29 heavy (non-hydrogen) atoms. The van der Waals surface area contributed by atoms with Crippen molar-refractivity contribution in [3.05, 3.63) is 51.9 Å². The lowest BCUT2D eigenvalue weighted by atomic mass is 9.83. The van der Waals surface area contributed by atoms with Crippen LogP contribution in [0.4, 0.5) is 0 Å². The number of nitrogens with one attached hydrogen (secondary N) is 1. The monoisotopic (exact) mass is 438 g/mol. The van der Waals surface area contributed by atoms with Gasteiger partial charge in [0, 0.05) is 5.54 Å². The first-order valence-corrected chi connectivity index (χ1v) is 10.4. The molecule has 6 nitrogen and oxygen atoms in total. The SMILES string of the molecule is C=C(O)c1sc(C(/C=C\C=C\N)=C/C2CCNC(C)(C)C2)c(Cl)c1OCC(=O)O. The summed E-state index contributed by atoms with van der Waals surface area (Å²) in [6.07, 6.45) is 10.9. The second-order valence-corrected chi connectivity index (χ2v) is 8.86. The van der Waals surface area contributed by atoms with Crippen LogP contribution >= 0.6 is 22.9 Å². The van der Waals surface area contributed by atoms with Gasteiger partial charge in [0.25, 0.3) is 0 Å². The van der Waals surface area contributed by atoms with E-state index in [1.807, 2.05) is 6.08 Å². The molecule has 5 N–H and O–H groups in total. The number of allylic oxidation sites excluding steroid dienone is 5. The average molecular weight is 439 g/mol. The molecule has 0 radical (unpaired) electrons. The number of thiophene rings is 1. The van der Waals surface area contributed by atoms with Gasteiger partial charge in [-0.05, 0) is 57.0 Å². The minimum atomic E-state index is -1.14. The van der Waals surface area contributed by atoms with Gasteiger partial charge in [-0.1, -0.05) is 36.4 Å². The molecule has 0 aromatic carbocycles. The zero-order valence-electron chi connectivity index (χ0n) is 16.6. The van der Waals surface area contributed by atoms with Crippen LogP contribution < -0.4 is 15.8 Å². The number of carboxylic acids is 1. The van der Waals surface area contributed by atoms with Gasteiger partial charge in [0.15, 0.2) is 12.4 Å². The number of piperidine rings is 1. The predicted octanol–water partition coefficient (Wildman–Crippen LogP) is 4.58. The van der Waals surface area contributed by atoms with Gasteiger partial charge in [0.1, 0.15) is 15.7 Å². The van der Waals surface area contributed by atoms with Gasteiger partial charge >= 0.3 is 5.97 Å². The lowest BCUT2D eigenvalue weighted by molar-refractivity contribution is -0.139. The van der Waals surface area contributed by atoms with Gasteiger partial charge in [-0.25, -0.2) is 4.79 Å². The van der Waals surface area contributed by atoms with Crippen LogP contribution in [0, 0.1) is 5.92 Å². The third kappa shape index (κ3) is 6.39. The van der Waals surface area contributed by atoms with Gasteiger partial charge in [-0.15, -0.1) is 11.3 Å². The fraction of sp³-hybridized carbons (Fsp3) is 0.381. The molecule has 0 spiro atoms. The smallest absolute Gasteiger partial charge is 0.341 e. The molecule has 1 aromatic rings. The molecule has 1 atom stereocenters. The number of carboxylic acid groups (broad SMARTS) is 1. The van der Waals surface area contributed by atoms with E-state index in [-0.39, 0.29) is 22.1 Å². The summed E-state index contributed by atoms with van der Waals surface area (Å²) >= 11 is 7.76. The van der Waals surface area contributed by atoms with E-state index < -0.39 is 12.6 Å². The van der Waals surface area contributed by atoms with Crippen LogP contribution in [0.3, 0.4) is 0 Å². The highest BCUT2D eigenvalue weighted by Gasteiger charge is 2.28. The molecular weight excluding hydrogens is 412 g/mol. The molecule has 0 saturated carbocycles. The Morgan fingerprint density at radius 1 is 1.41 bits per heavy atom. The second kappa shape index (κ2) is 10.0. The van der Waals surface area contributed by atoms with Crippen molar-refractivity contribution in [2.45, 2.75) is 32.2 Å². The number of carbonyl (C=O) groups is 1. The lowest BCUT2D eigenvalue weighted by Gasteiger charge is -2.35. The Morgan fingerprint density at radius 2 is 2.14 bits per heavy atom. The number of aliphatic carboxylic acids is 1. The highest BCUT2D eigenvalue weighted by Crippen LogP contribution is 2.46. The van der Waals surface area contributed by atoms with E-state index in [0.29, 0.717) is 15.7 Å². The molecule has 1 aliphatic heterocycles. The number of rotatable bonds is 8. The maximum atomic E-state index is 10.9. The van der Waals surface area contributed by atoms with Crippen LogP contribution in [-0.2, 0) is 4.79 Å². The quantitative estimate of drug-likeness (QED) is 0.349. The molecule has 0 amide bonds. The average Bonchev–Trinajstić information content (AvgIpc) is 2.95. The Kier molecular flexibility index (Phi) is 7.96. The molecule has 2 rings (SSSR count). The molecule has 1 aliphatic rings. The van der Waals surface area contributed by atoms with E-state index in [0.717, 1.165) is 25.0 Å². The van der Waals surface area contributed by atoms with Gasteiger partial charge < -0.3 is 26.0 Å². The van der Waals surface area contributed by atoms with Crippen molar-refractivity contribution in [2.75, 3.05) is 13.2 Å². The van der Waals surface area contributed by atoms with Gasteiger partial charge in [-0.2, -0.15) is 0 Å². The van der Waals surface area contributed by atoms with Crippen molar-refractivity contribution in [3.8, 4) is 5.75 Å². The van der Waals surface area contributed by atoms with E-state index >= 15 is 0 Å². The normalized spacial score (nSPS) is 19.7. The second-order valence-electron chi connectivity index (χ2n) is 7.46. The Morgan fingerprint density at radius 3 is 2.72 bits per heavy atom. The number of ether oxygens (including phenoxy) is 1. The molecule has 1 fully saturated rings. The summed E-state index contributed by atoms with van der Waals surface area (Å²) < 4.78 is 5.33. The maximum Gasteiger partial charge on any atom is 0.341 e. The number of nitrogens with two attached hydrogens (primary N) is 1. The highest BCUT2D eigenvalue weighted by atomic mass is 35.5. The number of aliphatic hydroxyl groups is 1. The first-order chi connectivity index (χ1) is 13.6. The van der Waals surface area contributed by atoms with Crippen molar-refractivity contribution in [1.82, 2.24) is 5.32 Å². The molecule has 158 valence electrons. The minimum absolute atomic E-state index is 0.0327. The largest absolute Gasteiger partial charge is 0.507 e. The summed E-state index contributed by atoms with van der Waals surface area (Å²) in [6.45, 7) is 8.23. The maximum absolute atomic E-state index is 10.9. The highest BCUT2D eigenvalue weighted by molar-refractivity contribution is 7.15. The summed E-state index contributed by atoms with van der Waals surface area (Å²) in [6, 6.07) is 0. The van der Waals surface area contributed by atoms with E-state index in [1.54, 1.807) is 12.2 Å². The van der Waals surface area contributed by atoms with Crippen molar-refractivity contribution in [1.29, 1.82) is 0 Å². The Balaban J connectivity index is 2.50. The molecule has 0 aliphatic carbocycles. The van der Waals surface area contributed by atoms with Gasteiger partial charge in [-0.3, -0.25) is 0 Å². The van der Waals surface area contributed by atoms with Crippen LogP contribution in [0.1, 0.15) is 36.4 Å². The van der Waals surface area contributed by atoms with Crippen molar-refractivity contribution < 1.29 is 19.7 Å². The Hall–Kier alpha value is -2.22. The molecule has 1 saturated heterocycles. The number of hydrogen-bond acceptors (Lipinski definition) is 6. The van der Waals surface area contributed by atoms with Crippen LogP contribution in [0.5, 0.6) is 5.75 Å². The Bertz CT molecular complexity index is 855. The van der Waals surface area contributed by atoms with E-state index in [1.165, 1.54) is 17.5 Å². The van der Waals surface area contributed by atoms with Crippen LogP contribution in [-0.4, -0.2) is 34.9 Å². The zero-order valence-corrected chi connectivity index (χ0v) is 18.1. The van der Waals surface area contributed by atoms with Gasteiger partial charge in [0.05, 0.1) is 4.88 Å². The fourth-order valence-electron chi connectivity index (χ4n) is 3.29. The first kappa shape index (κ1) is 23.1. The fourth-order valence-corrected chi connectivity index (χ4v) is 4.73. The minimum Gasteiger partial charge on any atom is -0.507 e. The third-order valence-electron chi connectivity index (χ3n) is 4.48. The van der Waals surface area contributed by atoms with Crippen molar-refractivity contribution >= 4 is 40.2 Å². The number of aliphatic hydroxyl groups excluding tert-OH is 1. The molecular formula is C21H27ClN2O4S. The van der Waals surface area contributed by atoms with Crippen LogP contribution in [0.15, 0.2) is 37.1 Å². The molecule has 1 aromatic heterocycles. The zero-order chi connectivity index (χ0) is 21.6. The van der Waals surface area contributed by atoms with Crippen LogP contribution in [0.2, 0.25) is 5.02 Å². The standard InChI is InChI=1S/C21H27ClN2O4S/c1-13(25)19-18(28-12-16(26)27)17(22)20(29-19)15(6-4-5-8-23)10-14-7-9-24-21(2,3)11-14/h4-6,8,10,14,24-25H,1,7,9,11-12,23H2,2-3H3,(H,26,27)/b6-4-,8-5+,15-10+. The predicted molar refractivity (Wildman–Crippen MR) is 119 cm³/mol. The van der Waals surface area contributed by atoms with E-state index in [9.17, 15) is 9.90 Å². The summed E-state index contributed by atoms with van der Waals surface area (Å²) in [4.78, 5) is 11.9. The van der Waals surface area contributed by atoms with E-state index in [4.69, 9.17) is 27.2 Å². The Labute approximate surface area is 180 Å². The molecule has 8 heteroatoms. The summed E-state index contributed by atoms with van der Waals surface area (Å²) in [5.74, 6) is -0.906. The molecule has 0 bridgehead atoms. The topological polar surface area (TPSA) is 105 Å². The third-order valence-corrected chi connectivity index (χ3v) is 6.22. The number of hydrogen-bond donors (Lipinski definition) is 4. The lowest BCUT2D eigenvalue weighted by Crippen LogP contribution is -2.45. The first-order valence-electron chi connectivity index (χ1n) is 9.22. The summed E-state index contributed by atoms with van der Waals surface area (Å²) in [7, 11) is 0. The van der Waals surface area contributed by atoms with Crippen molar-refractivity contribution in [2.24, 2.45) is 11.7 Å². The van der Waals surface area contributed by atoms with Gasteiger partial charge in [0.2, 0.25) is 0 Å². The molecule has 1 unspecified atom stereocenters. The van der Waals surface area contributed by atoms with E-state index in [2.05, 4.69) is 31.8 Å². The van der Waals surface area contributed by atoms with Crippen LogP contribution in [0.25, 0.3) is 11.3 Å². The number of halogens is 1.